The molecule has 1 heterocycles. The van der Waals surface area contributed by atoms with Crippen molar-refractivity contribution >= 4 is 11.6 Å². The Morgan fingerprint density at radius 1 is 1.09 bits per heavy atom. The van der Waals surface area contributed by atoms with E-state index in [9.17, 15) is 4.79 Å². The maximum Gasteiger partial charge on any atom is 0.276 e. The molecule has 0 saturated carbocycles. The van der Waals surface area contributed by atoms with Gasteiger partial charge in [-0.3, -0.25) is 9.48 Å². The average molecular weight is 307 g/mol. The van der Waals surface area contributed by atoms with Crippen molar-refractivity contribution in [1.82, 2.24) is 9.78 Å². The number of aromatic nitrogens is 2. The molecule has 0 bridgehead atoms. The summed E-state index contributed by atoms with van der Waals surface area (Å²) in [4.78, 5) is 12.2. The summed E-state index contributed by atoms with van der Waals surface area (Å²) < 4.78 is 6.87. The van der Waals surface area contributed by atoms with E-state index >= 15 is 0 Å². The summed E-state index contributed by atoms with van der Waals surface area (Å²) in [6.45, 7) is 0.600. The first-order valence-corrected chi connectivity index (χ1v) is 7.27. The zero-order valence-electron chi connectivity index (χ0n) is 12.8. The second kappa shape index (κ2) is 6.79. The van der Waals surface area contributed by atoms with Crippen molar-refractivity contribution in [1.29, 1.82) is 0 Å². The molecule has 0 aliphatic heterocycles. The summed E-state index contributed by atoms with van der Waals surface area (Å²) in [5.41, 5.74) is 2.23. The number of benzene rings is 2. The van der Waals surface area contributed by atoms with Crippen molar-refractivity contribution in [3.05, 3.63) is 78.1 Å². The number of rotatable bonds is 5. The van der Waals surface area contributed by atoms with E-state index in [1.807, 2.05) is 54.6 Å². The highest BCUT2D eigenvalue weighted by Gasteiger charge is 2.09. The van der Waals surface area contributed by atoms with Crippen LogP contribution in [0.1, 0.15) is 16.1 Å². The number of carbonyl (C=O) groups excluding carboxylic acids is 1. The van der Waals surface area contributed by atoms with Gasteiger partial charge in [-0.25, -0.2) is 0 Å². The molecule has 1 amide bonds. The SMILES string of the molecule is COc1ccc(Cn2ccc(C(=O)Nc3ccccc3)n2)cc1. The number of nitrogens with zero attached hydrogens (tertiary/aromatic N) is 2. The van der Waals surface area contributed by atoms with Crippen molar-refractivity contribution < 1.29 is 9.53 Å². The number of nitrogens with one attached hydrogen (secondary N) is 1. The molecule has 116 valence electrons. The van der Waals surface area contributed by atoms with Crippen LogP contribution in [0, 0.1) is 0 Å². The molecule has 0 atom stereocenters. The molecule has 5 heteroatoms. The Hall–Kier alpha value is -3.08. The third kappa shape index (κ3) is 3.77. The van der Waals surface area contributed by atoms with Gasteiger partial charge in [-0.15, -0.1) is 0 Å². The minimum atomic E-state index is -0.218. The van der Waals surface area contributed by atoms with Gasteiger partial charge in [-0.1, -0.05) is 30.3 Å². The minimum Gasteiger partial charge on any atom is -0.497 e. The van der Waals surface area contributed by atoms with Crippen LogP contribution in [0.25, 0.3) is 0 Å². The first-order valence-electron chi connectivity index (χ1n) is 7.27. The van der Waals surface area contributed by atoms with Crippen LogP contribution in [0.3, 0.4) is 0 Å². The zero-order valence-corrected chi connectivity index (χ0v) is 12.8. The summed E-state index contributed by atoms with van der Waals surface area (Å²) in [5, 5.41) is 7.14. The van der Waals surface area contributed by atoms with E-state index in [4.69, 9.17) is 4.74 Å². The van der Waals surface area contributed by atoms with E-state index in [1.165, 1.54) is 0 Å². The molecule has 5 nitrogen and oxygen atoms in total. The van der Waals surface area contributed by atoms with E-state index in [0.717, 1.165) is 17.0 Å². The second-order valence-electron chi connectivity index (χ2n) is 5.07. The molecule has 0 radical (unpaired) electrons. The van der Waals surface area contributed by atoms with E-state index in [2.05, 4.69) is 10.4 Å². The average Bonchev–Trinajstić information content (AvgIpc) is 3.05. The smallest absolute Gasteiger partial charge is 0.276 e. The Kier molecular flexibility index (Phi) is 4.38. The third-order valence-electron chi connectivity index (χ3n) is 3.41. The molecule has 3 aromatic rings. The number of amides is 1. The summed E-state index contributed by atoms with van der Waals surface area (Å²) in [7, 11) is 1.64. The standard InChI is InChI=1S/C18H17N3O2/c1-23-16-9-7-14(8-10-16)13-21-12-11-17(20-21)18(22)19-15-5-3-2-4-6-15/h2-12H,13H2,1H3,(H,19,22). The number of carbonyl (C=O) groups is 1. The van der Waals surface area contributed by atoms with Crippen LogP contribution in [0.4, 0.5) is 5.69 Å². The highest BCUT2D eigenvalue weighted by atomic mass is 16.5. The molecule has 3 rings (SSSR count). The van der Waals surface area contributed by atoms with Gasteiger partial charge in [-0.2, -0.15) is 5.10 Å². The van der Waals surface area contributed by atoms with E-state index in [-0.39, 0.29) is 5.91 Å². The maximum absolute atomic E-state index is 12.2. The van der Waals surface area contributed by atoms with Crippen LogP contribution < -0.4 is 10.1 Å². The van der Waals surface area contributed by atoms with Gasteiger partial charge in [0, 0.05) is 11.9 Å². The predicted octanol–water partition coefficient (Wildman–Crippen LogP) is 3.19. The molecule has 23 heavy (non-hydrogen) atoms. The topological polar surface area (TPSA) is 56.1 Å². The molecule has 0 spiro atoms. The highest BCUT2D eigenvalue weighted by Crippen LogP contribution is 2.13. The van der Waals surface area contributed by atoms with Gasteiger partial charge in [0.25, 0.3) is 5.91 Å². The largest absolute Gasteiger partial charge is 0.497 e. The molecule has 0 aliphatic carbocycles. The van der Waals surface area contributed by atoms with E-state index in [1.54, 1.807) is 24.1 Å². The molecular weight excluding hydrogens is 290 g/mol. The Bertz CT molecular complexity index is 780. The predicted molar refractivity (Wildman–Crippen MR) is 88.7 cm³/mol. The Morgan fingerprint density at radius 3 is 2.52 bits per heavy atom. The monoisotopic (exact) mass is 307 g/mol. The Morgan fingerprint density at radius 2 is 1.83 bits per heavy atom. The quantitative estimate of drug-likeness (QED) is 0.787. The van der Waals surface area contributed by atoms with Crippen LogP contribution in [-0.2, 0) is 6.54 Å². The maximum atomic E-state index is 12.2. The van der Waals surface area contributed by atoms with Gasteiger partial charge in [0.2, 0.25) is 0 Å². The zero-order chi connectivity index (χ0) is 16.1. The van der Waals surface area contributed by atoms with Crippen LogP contribution in [0.15, 0.2) is 66.9 Å². The van der Waals surface area contributed by atoms with E-state index in [0.29, 0.717) is 12.2 Å². The molecule has 2 aromatic carbocycles. The van der Waals surface area contributed by atoms with Crippen molar-refractivity contribution in [2.24, 2.45) is 0 Å². The van der Waals surface area contributed by atoms with Gasteiger partial charge < -0.3 is 10.1 Å². The van der Waals surface area contributed by atoms with Crippen molar-refractivity contribution in [3.63, 3.8) is 0 Å². The van der Waals surface area contributed by atoms with Gasteiger partial charge in [0.05, 0.1) is 13.7 Å². The molecule has 1 N–H and O–H groups in total. The second-order valence-corrected chi connectivity index (χ2v) is 5.07. The molecule has 0 aliphatic rings. The normalized spacial score (nSPS) is 10.3. The van der Waals surface area contributed by atoms with Crippen molar-refractivity contribution in [2.75, 3.05) is 12.4 Å². The Labute approximate surface area is 134 Å². The minimum absolute atomic E-state index is 0.218. The fraction of sp³-hybridized carbons (Fsp3) is 0.111. The van der Waals surface area contributed by atoms with Gasteiger partial charge in [-0.05, 0) is 35.9 Å². The number of hydrogen-bond donors (Lipinski definition) is 1. The molecule has 0 fully saturated rings. The van der Waals surface area contributed by atoms with Crippen LogP contribution >= 0.6 is 0 Å². The van der Waals surface area contributed by atoms with Gasteiger partial charge >= 0.3 is 0 Å². The van der Waals surface area contributed by atoms with Crippen molar-refractivity contribution in [3.8, 4) is 5.75 Å². The fourth-order valence-electron chi connectivity index (χ4n) is 2.21. The fourth-order valence-corrected chi connectivity index (χ4v) is 2.21. The van der Waals surface area contributed by atoms with Crippen molar-refractivity contribution in [2.45, 2.75) is 6.54 Å². The highest BCUT2D eigenvalue weighted by molar-refractivity contribution is 6.02. The number of ether oxygens (including phenoxy) is 1. The summed E-state index contributed by atoms with van der Waals surface area (Å²) in [5.74, 6) is 0.599. The van der Waals surface area contributed by atoms with Crippen LogP contribution in [0.2, 0.25) is 0 Å². The molecule has 1 aromatic heterocycles. The molecule has 0 unspecified atom stereocenters. The number of para-hydroxylation sites is 1. The van der Waals surface area contributed by atoms with Gasteiger partial charge in [0.15, 0.2) is 5.69 Å². The first kappa shape index (κ1) is 14.8. The number of hydrogen-bond acceptors (Lipinski definition) is 3. The van der Waals surface area contributed by atoms with Crippen LogP contribution in [0.5, 0.6) is 5.75 Å². The number of methoxy groups -OCH3 is 1. The molecule has 0 saturated heterocycles. The number of anilines is 1. The summed E-state index contributed by atoms with van der Waals surface area (Å²) in [6.07, 6.45) is 1.80. The lowest BCUT2D eigenvalue weighted by molar-refractivity contribution is 0.102. The lowest BCUT2D eigenvalue weighted by Gasteiger charge is -2.04. The lowest BCUT2D eigenvalue weighted by atomic mass is 10.2. The third-order valence-corrected chi connectivity index (χ3v) is 3.41. The van der Waals surface area contributed by atoms with Gasteiger partial charge in [0.1, 0.15) is 5.75 Å². The van der Waals surface area contributed by atoms with E-state index < -0.39 is 0 Å². The van der Waals surface area contributed by atoms with Crippen LogP contribution in [-0.4, -0.2) is 22.8 Å². The summed E-state index contributed by atoms with van der Waals surface area (Å²) in [6, 6.07) is 18.8. The Balaban J connectivity index is 1.66. The lowest BCUT2D eigenvalue weighted by Crippen LogP contribution is -2.13. The summed E-state index contributed by atoms with van der Waals surface area (Å²) >= 11 is 0. The first-order chi connectivity index (χ1) is 11.2. The molecular formula is C18H17N3O2.